The predicted octanol–water partition coefficient (Wildman–Crippen LogP) is 5.42. The summed E-state index contributed by atoms with van der Waals surface area (Å²) in [4.78, 5) is 0. The molecule has 2 rings (SSSR count). The second-order valence-electron chi connectivity index (χ2n) is 3.64. The van der Waals surface area contributed by atoms with Crippen molar-refractivity contribution >= 4 is 11.6 Å². The van der Waals surface area contributed by atoms with E-state index < -0.39 is 0 Å². The molecule has 0 spiro atoms. The quantitative estimate of drug-likeness (QED) is 0.667. The van der Waals surface area contributed by atoms with Crippen LogP contribution in [0.25, 0.3) is 11.6 Å². The van der Waals surface area contributed by atoms with Gasteiger partial charge in [0.2, 0.25) is 0 Å². The first kappa shape index (κ1) is 14.0. The van der Waals surface area contributed by atoms with E-state index in [1.807, 2.05) is 50.3 Å². The topological polar surface area (TPSA) is 0 Å². The smallest absolute Gasteiger partial charge is 0.0112 e. The van der Waals surface area contributed by atoms with Crippen LogP contribution in [-0.4, -0.2) is 0 Å². The zero-order chi connectivity index (χ0) is 13.4. The van der Waals surface area contributed by atoms with Crippen molar-refractivity contribution in [2.24, 2.45) is 0 Å². The van der Waals surface area contributed by atoms with Crippen LogP contribution in [0.1, 0.15) is 30.5 Å². The average Bonchev–Trinajstić information content (AvgIpc) is 2.49. The van der Waals surface area contributed by atoms with Gasteiger partial charge in [-0.2, -0.15) is 0 Å². The minimum atomic E-state index is 1.04. The number of hydrogen-bond acceptors (Lipinski definition) is 0. The van der Waals surface area contributed by atoms with Gasteiger partial charge in [0.25, 0.3) is 0 Å². The lowest BCUT2D eigenvalue weighted by molar-refractivity contribution is 1.50. The molecule has 0 unspecified atom stereocenters. The normalized spacial score (nSPS) is 9.00. The maximum atomic E-state index is 4.16. The SMILES string of the molecule is C=Cc1ccccc1C(=C)c1ccccc1.CC. The summed E-state index contributed by atoms with van der Waals surface area (Å²) in [6.07, 6.45) is 1.86. The van der Waals surface area contributed by atoms with E-state index in [1.165, 1.54) is 0 Å². The molecule has 0 bridgehead atoms. The predicted molar refractivity (Wildman–Crippen MR) is 82.5 cm³/mol. The Morgan fingerprint density at radius 1 is 0.889 bits per heavy atom. The third kappa shape index (κ3) is 3.21. The molecule has 0 fully saturated rings. The highest BCUT2D eigenvalue weighted by atomic mass is 14.1. The zero-order valence-corrected chi connectivity index (χ0v) is 11.2. The van der Waals surface area contributed by atoms with Gasteiger partial charge in [-0.15, -0.1) is 0 Å². The fourth-order valence-corrected chi connectivity index (χ4v) is 1.74. The van der Waals surface area contributed by atoms with Crippen LogP contribution in [0.5, 0.6) is 0 Å². The van der Waals surface area contributed by atoms with Crippen molar-refractivity contribution in [2.45, 2.75) is 13.8 Å². The van der Waals surface area contributed by atoms with Crippen LogP contribution in [0.4, 0.5) is 0 Å². The lowest BCUT2D eigenvalue weighted by Crippen LogP contribution is -1.89. The third-order valence-electron chi connectivity index (χ3n) is 2.63. The molecule has 0 radical (unpaired) electrons. The van der Waals surface area contributed by atoms with Gasteiger partial charge in [-0.25, -0.2) is 0 Å². The summed E-state index contributed by atoms with van der Waals surface area (Å²) in [7, 11) is 0. The van der Waals surface area contributed by atoms with Crippen LogP contribution in [-0.2, 0) is 0 Å². The molecule has 0 aliphatic carbocycles. The monoisotopic (exact) mass is 236 g/mol. The van der Waals surface area contributed by atoms with Gasteiger partial charge in [0, 0.05) is 0 Å². The Balaban J connectivity index is 0.000000771. The minimum Gasteiger partial charge on any atom is -0.0984 e. The van der Waals surface area contributed by atoms with E-state index in [-0.39, 0.29) is 0 Å². The van der Waals surface area contributed by atoms with Gasteiger partial charge in [-0.1, -0.05) is 87.7 Å². The largest absolute Gasteiger partial charge is 0.0984 e. The van der Waals surface area contributed by atoms with E-state index in [0.29, 0.717) is 0 Å². The van der Waals surface area contributed by atoms with Crippen molar-refractivity contribution in [3.8, 4) is 0 Å². The van der Waals surface area contributed by atoms with E-state index in [2.05, 4.69) is 37.4 Å². The Labute approximate surface area is 110 Å². The van der Waals surface area contributed by atoms with Gasteiger partial charge in [0.15, 0.2) is 0 Å². The first-order valence-corrected chi connectivity index (χ1v) is 6.29. The maximum absolute atomic E-state index is 4.16. The second-order valence-corrected chi connectivity index (χ2v) is 3.64. The van der Waals surface area contributed by atoms with E-state index in [0.717, 1.165) is 22.3 Å². The highest BCUT2D eigenvalue weighted by Crippen LogP contribution is 2.24. The second kappa shape index (κ2) is 7.29. The molecular weight excluding hydrogens is 216 g/mol. The zero-order valence-electron chi connectivity index (χ0n) is 11.2. The van der Waals surface area contributed by atoms with Gasteiger partial charge in [0.05, 0.1) is 0 Å². The summed E-state index contributed by atoms with van der Waals surface area (Å²) in [6.45, 7) is 12.0. The molecule has 0 atom stereocenters. The van der Waals surface area contributed by atoms with Gasteiger partial charge in [-0.3, -0.25) is 0 Å². The average molecular weight is 236 g/mol. The number of rotatable bonds is 3. The fourth-order valence-electron chi connectivity index (χ4n) is 1.74. The lowest BCUT2D eigenvalue weighted by Gasteiger charge is -2.09. The van der Waals surface area contributed by atoms with Crippen LogP contribution in [0.15, 0.2) is 67.8 Å². The molecule has 18 heavy (non-hydrogen) atoms. The first-order chi connectivity index (χ1) is 8.83. The van der Waals surface area contributed by atoms with Crippen LogP contribution < -0.4 is 0 Å². The molecule has 0 N–H and O–H groups in total. The molecule has 2 aromatic rings. The first-order valence-electron chi connectivity index (χ1n) is 6.29. The molecular formula is C18H20. The molecule has 92 valence electrons. The van der Waals surface area contributed by atoms with Gasteiger partial charge in [0.1, 0.15) is 0 Å². The van der Waals surface area contributed by atoms with Gasteiger partial charge < -0.3 is 0 Å². The van der Waals surface area contributed by atoms with E-state index in [4.69, 9.17) is 0 Å². The summed E-state index contributed by atoms with van der Waals surface area (Å²) in [5.74, 6) is 0. The van der Waals surface area contributed by atoms with Crippen LogP contribution in [0.2, 0.25) is 0 Å². The summed E-state index contributed by atoms with van der Waals surface area (Å²) in [5, 5.41) is 0. The van der Waals surface area contributed by atoms with E-state index in [9.17, 15) is 0 Å². The van der Waals surface area contributed by atoms with Crippen molar-refractivity contribution in [2.75, 3.05) is 0 Å². The Morgan fingerprint density at radius 2 is 1.44 bits per heavy atom. The Bertz CT molecular complexity index is 507. The molecule has 0 nitrogen and oxygen atoms in total. The number of hydrogen-bond donors (Lipinski definition) is 0. The van der Waals surface area contributed by atoms with Crippen molar-refractivity contribution in [1.29, 1.82) is 0 Å². The maximum Gasteiger partial charge on any atom is -0.0112 e. The van der Waals surface area contributed by atoms with Crippen molar-refractivity contribution in [1.82, 2.24) is 0 Å². The number of benzene rings is 2. The minimum absolute atomic E-state index is 1.04. The van der Waals surface area contributed by atoms with E-state index >= 15 is 0 Å². The van der Waals surface area contributed by atoms with Crippen LogP contribution in [0.3, 0.4) is 0 Å². The Kier molecular flexibility index (Phi) is 5.66. The summed E-state index contributed by atoms with van der Waals surface area (Å²) in [5.41, 5.74) is 4.45. The van der Waals surface area contributed by atoms with Gasteiger partial charge in [-0.05, 0) is 22.3 Å². The molecule has 0 saturated carbocycles. The van der Waals surface area contributed by atoms with Crippen LogP contribution in [0, 0.1) is 0 Å². The Morgan fingerprint density at radius 3 is 2.06 bits per heavy atom. The lowest BCUT2D eigenvalue weighted by atomic mass is 9.95. The fraction of sp³-hybridized carbons (Fsp3) is 0.111. The highest BCUT2D eigenvalue weighted by molar-refractivity contribution is 5.82. The third-order valence-corrected chi connectivity index (χ3v) is 2.63. The van der Waals surface area contributed by atoms with E-state index in [1.54, 1.807) is 0 Å². The standard InChI is InChI=1S/C16H14.C2H6/c1-3-14-9-7-8-12-16(14)13(2)15-10-5-4-6-11-15;1-2/h3-12H,1-2H2;1-2H3. The summed E-state index contributed by atoms with van der Waals surface area (Å²) < 4.78 is 0. The molecule has 0 saturated heterocycles. The van der Waals surface area contributed by atoms with Crippen molar-refractivity contribution in [3.05, 3.63) is 84.4 Å². The molecule has 0 heterocycles. The highest BCUT2D eigenvalue weighted by Gasteiger charge is 2.04. The summed E-state index contributed by atoms with van der Waals surface area (Å²) >= 11 is 0. The molecule has 0 aliphatic rings. The summed E-state index contributed by atoms with van der Waals surface area (Å²) in [6, 6.07) is 18.4. The molecule has 0 aliphatic heterocycles. The molecule has 0 amide bonds. The molecule has 0 heteroatoms. The van der Waals surface area contributed by atoms with Crippen molar-refractivity contribution in [3.63, 3.8) is 0 Å². The molecule has 2 aromatic carbocycles. The molecule has 0 aromatic heterocycles. The van der Waals surface area contributed by atoms with Crippen molar-refractivity contribution < 1.29 is 0 Å². The van der Waals surface area contributed by atoms with Gasteiger partial charge >= 0.3 is 0 Å². The van der Waals surface area contributed by atoms with Crippen LogP contribution >= 0.6 is 0 Å². The Hall–Kier alpha value is -2.08.